The maximum Gasteiger partial charge on any atom is 0.306 e. The molecule has 0 heterocycles. The highest BCUT2D eigenvalue weighted by Gasteiger charge is 2.14. The lowest BCUT2D eigenvalue weighted by Gasteiger charge is -2.09. The van der Waals surface area contributed by atoms with Crippen molar-refractivity contribution in [1.82, 2.24) is 0 Å². The molecular weight excluding hydrogens is 471 g/mol. The van der Waals surface area contributed by atoms with E-state index in [1.54, 1.807) is 24.3 Å². The van der Waals surface area contributed by atoms with E-state index in [1.807, 2.05) is 0 Å². The minimum atomic E-state index is -3.72. The molecule has 0 radical (unpaired) electrons. The second-order valence-electron chi connectivity index (χ2n) is 5.26. The van der Waals surface area contributed by atoms with Gasteiger partial charge >= 0.3 is 5.97 Å². The fourth-order valence-corrected chi connectivity index (χ4v) is 3.41. The number of methoxy groups -OCH3 is 1. The largest absolute Gasteiger partial charge is 0.469 e. The third-order valence-corrected chi connectivity index (χ3v) is 5.45. The summed E-state index contributed by atoms with van der Waals surface area (Å²) in [5.74, 6) is -0.828. The average Bonchev–Trinajstić information content (AvgIpc) is 2.62. The van der Waals surface area contributed by atoms with E-state index >= 15 is 0 Å². The van der Waals surface area contributed by atoms with Gasteiger partial charge in [0.05, 0.1) is 18.4 Å². The molecule has 0 bridgehead atoms. The topological polar surface area (TPSA) is 102 Å². The number of hydrogen-bond donors (Lipinski definition) is 2. The SMILES string of the molecule is COC(=O)CCC(=O)Nc1ccc(S(=O)(=O)Nc2ccc(I)cc2)cc1. The van der Waals surface area contributed by atoms with Crippen LogP contribution in [0.25, 0.3) is 0 Å². The molecule has 0 spiro atoms. The average molecular weight is 488 g/mol. The summed E-state index contributed by atoms with van der Waals surface area (Å²) in [7, 11) is -2.47. The monoisotopic (exact) mass is 488 g/mol. The van der Waals surface area contributed by atoms with Crippen LogP contribution in [0.5, 0.6) is 0 Å². The number of nitrogens with one attached hydrogen (secondary N) is 2. The summed E-state index contributed by atoms with van der Waals surface area (Å²) >= 11 is 2.13. The van der Waals surface area contributed by atoms with Gasteiger partial charge in [-0.25, -0.2) is 8.42 Å². The molecule has 2 aromatic rings. The Morgan fingerprint density at radius 3 is 2.12 bits per heavy atom. The number of ether oxygens (including phenoxy) is 1. The zero-order valence-electron chi connectivity index (χ0n) is 13.9. The van der Waals surface area contributed by atoms with E-state index in [1.165, 1.54) is 31.4 Å². The predicted molar refractivity (Wildman–Crippen MR) is 106 cm³/mol. The highest BCUT2D eigenvalue weighted by atomic mass is 127. The quantitative estimate of drug-likeness (QED) is 0.461. The lowest BCUT2D eigenvalue weighted by Crippen LogP contribution is -2.15. The number of rotatable bonds is 7. The molecule has 26 heavy (non-hydrogen) atoms. The summed E-state index contributed by atoms with van der Waals surface area (Å²) in [6.07, 6.45) is -0.0319. The molecule has 2 N–H and O–H groups in total. The minimum absolute atomic E-state index is 0.0128. The molecule has 2 rings (SSSR count). The van der Waals surface area contributed by atoms with Gasteiger partial charge in [0.15, 0.2) is 0 Å². The van der Waals surface area contributed by atoms with Crippen molar-refractivity contribution in [1.29, 1.82) is 0 Å². The number of benzene rings is 2. The number of amides is 1. The van der Waals surface area contributed by atoms with Crippen molar-refractivity contribution >= 4 is 55.9 Å². The molecule has 2 aromatic carbocycles. The first-order chi connectivity index (χ1) is 12.3. The Bertz CT molecular complexity index is 880. The van der Waals surface area contributed by atoms with Crippen LogP contribution >= 0.6 is 22.6 Å². The fourth-order valence-electron chi connectivity index (χ4n) is 1.99. The summed E-state index contributed by atoms with van der Waals surface area (Å²) in [5.41, 5.74) is 0.902. The Balaban J connectivity index is 2.00. The van der Waals surface area contributed by atoms with E-state index in [0.29, 0.717) is 11.4 Å². The Morgan fingerprint density at radius 1 is 0.962 bits per heavy atom. The van der Waals surface area contributed by atoms with Gasteiger partial charge in [0.25, 0.3) is 10.0 Å². The zero-order valence-corrected chi connectivity index (χ0v) is 16.8. The zero-order chi connectivity index (χ0) is 19.2. The number of carbonyl (C=O) groups excluding carboxylic acids is 2. The van der Waals surface area contributed by atoms with Crippen LogP contribution in [0.3, 0.4) is 0 Å². The fraction of sp³-hybridized carbons (Fsp3) is 0.176. The van der Waals surface area contributed by atoms with Gasteiger partial charge in [-0.1, -0.05) is 0 Å². The summed E-state index contributed by atoms with van der Waals surface area (Å²) in [4.78, 5) is 22.8. The van der Waals surface area contributed by atoms with E-state index in [4.69, 9.17) is 0 Å². The highest BCUT2D eigenvalue weighted by Crippen LogP contribution is 2.19. The standard InChI is InChI=1S/C17H17IN2O5S/c1-25-17(22)11-10-16(21)19-13-6-8-15(9-7-13)26(23,24)20-14-4-2-12(18)3-5-14/h2-9,20H,10-11H2,1H3,(H,19,21). The molecular formula is C17H17IN2O5S. The van der Waals surface area contributed by atoms with Crippen LogP contribution in [0, 0.1) is 3.57 Å². The molecule has 0 aliphatic rings. The van der Waals surface area contributed by atoms with Crippen molar-refractivity contribution in [3.8, 4) is 0 Å². The van der Waals surface area contributed by atoms with Gasteiger partial charge in [-0.05, 0) is 71.1 Å². The van der Waals surface area contributed by atoms with Crippen LogP contribution in [0.2, 0.25) is 0 Å². The van der Waals surface area contributed by atoms with Crippen molar-refractivity contribution < 1.29 is 22.7 Å². The number of carbonyl (C=O) groups is 2. The molecule has 0 aliphatic heterocycles. The maximum absolute atomic E-state index is 12.4. The highest BCUT2D eigenvalue weighted by molar-refractivity contribution is 14.1. The minimum Gasteiger partial charge on any atom is -0.469 e. The Hall–Kier alpha value is -2.14. The second kappa shape index (κ2) is 8.99. The van der Waals surface area contributed by atoms with Gasteiger partial charge in [-0.3, -0.25) is 14.3 Å². The molecule has 0 aliphatic carbocycles. The summed E-state index contributed by atoms with van der Waals surface area (Å²) in [5, 5.41) is 2.59. The number of halogens is 1. The molecule has 9 heteroatoms. The van der Waals surface area contributed by atoms with E-state index in [0.717, 1.165) is 3.57 Å². The Labute approximate surface area is 165 Å². The van der Waals surface area contributed by atoms with Crippen LogP contribution in [0.1, 0.15) is 12.8 Å². The Kier molecular flexibility index (Phi) is 6.98. The summed E-state index contributed by atoms with van der Waals surface area (Å²) in [6, 6.07) is 12.7. The molecule has 0 unspecified atom stereocenters. The van der Waals surface area contributed by atoms with Crippen LogP contribution in [0.4, 0.5) is 11.4 Å². The second-order valence-corrected chi connectivity index (χ2v) is 8.19. The first-order valence-electron chi connectivity index (χ1n) is 7.55. The molecule has 0 aromatic heterocycles. The van der Waals surface area contributed by atoms with Crippen LogP contribution in [-0.2, 0) is 24.3 Å². The smallest absolute Gasteiger partial charge is 0.306 e. The number of esters is 1. The molecule has 0 saturated heterocycles. The van der Waals surface area contributed by atoms with E-state index in [9.17, 15) is 18.0 Å². The number of hydrogen-bond acceptors (Lipinski definition) is 5. The number of anilines is 2. The summed E-state index contributed by atoms with van der Waals surface area (Å²) in [6.45, 7) is 0. The maximum atomic E-state index is 12.4. The van der Waals surface area contributed by atoms with E-state index < -0.39 is 16.0 Å². The molecule has 0 atom stereocenters. The lowest BCUT2D eigenvalue weighted by molar-refractivity contribution is -0.141. The summed E-state index contributed by atoms with van der Waals surface area (Å²) < 4.78 is 32.7. The van der Waals surface area contributed by atoms with Gasteiger partial charge in [-0.2, -0.15) is 0 Å². The number of sulfonamides is 1. The van der Waals surface area contributed by atoms with E-state index in [-0.39, 0.29) is 23.6 Å². The van der Waals surface area contributed by atoms with Gasteiger partial charge in [0.2, 0.25) is 5.91 Å². The lowest BCUT2D eigenvalue weighted by atomic mass is 10.2. The predicted octanol–water partition coefficient (Wildman–Crippen LogP) is 2.98. The molecule has 0 saturated carbocycles. The van der Waals surface area contributed by atoms with Crippen molar-refractivity contribution in [2.75, 3.05) is 17.1 Å². The van der Waals surface area contributed by atoms with Crippen LogP contribution in [-0.4, -0.2) is 27.4 Å². The van der Waals surface area contributed by atoms with Crippen molar-refractivity contribution in [2.45, 2.75) is 17.7 Å². The third kappa shape index (κ3) is 5.99. The van der Waals surface area contributed by atoms with E-state index in [2.05, 4.69) is 37.4 Å². The third-order valence-electron chi connectivity index (χ3n) is 3.33. The molecule has 1 amide bonds. The van der Waals surface area contributed by atoms with Crippen molar-refractivity contribution in [2.24, 2.45) is 0 Å². The van der Waals surface area contributed by atoms with Gasteiger partial charge in [0, 0.05) is 21.4 Å². The Morgan fingerprint density at radius 2 is 1.54 bits per heavy atom. The first-order valence-corrected chi connectivity index (χ1v) is 10.1. The van der Waals surface area contributed by atoms with Crippen LogP contribution in [0.15, 0.2) is 53.4 Å². The van der Waals surface area contributed by atoms with Crippen molar-refractivity contribution in [3.63, 3.8) is 0 Å². The molecule has 0 fully saturated rings. The molecule has 7 nitrogen and oxygen atoms in total. The first kappa shape index (κ1) is 20.2. The van der Waals surface area contributed by atoms with Crippen molar-refractivity contribution in [3.05, 3.63) is 52.1 Å². The van der Waals surface area contributed by atoms with Gasteiger partial charge < -0.3 is 10.1 Å². The van der Waals surface area contributed by atoms with Crippen LogP contribution < -0.4 is 10.0 Å². The molecule has 138 valence electrons. The van der Waals surface area contributed by atoms with Gasteiger partial charge in [-0.15, -0.1) is 0 Å². The van der Waals surface area contributed by atoms with Gasteiger partial charge in [0.1, 0.15) is 0 Å². The normalized spacial score (nSPS) is 10.8.